The van der Waals surface area contributed by atoms with Gasteiger partial charge in [-0.15, -0.1) is 0 Å². The van der Waals surface area contributed by atoms with E-state index < -0.39 is 0 Å². The smallest absolute Gasteiger partial charge is 0.134 e. The third-order valence-electron chi connectivity index (χ3n) is 2.69. The number of furan rings is 1. The van der Waals surface area contributed by atoms with Crippen LogP contribution in [0.15, 0.2) is 57.6 Å². The van der Waals surface area contributed by atoms with E-state index in [2.05, 4.69) is 15.9 Å². The van der Waals surface area contributed by atoms with Crippen LogP contribution in [0.3, 0.4) is 0 Å². The second-order valence-corrected chi connectivity index (χ2v) is 4.71. The van der Waals surface area contributed by atoms with Crippen LogP contribution in [-0.2, 0) is 0 Å². The monoisotopic (exact) mass is 290 g/mol. The highest BCUT2D eigenvalue weighted by atomic mass is 79.9. The van der Waals surface area contributed by atoms with Crippen LogP contribution in [0.25, 0.3) is 22.1 Å². The molecule has 2 aromatic carbocycles. The molecule has 0 aliphatic heterocycles. The Labute approximate surface area is 106 Å². The molecular weight excluding hydrogens is 283 g/mol. The molecule has 0 aliphatic carbocycles. The van der Waals surface area contributed by atoms with Crippen molar-refractivity contribution in [3.8, 4) is 11.1 Å². The molecule has 3 rings (SSSR count). The number of halogens is 2. The van der Waals surface area contributed by atoms with Crippen molar-refractivity contribution in [2.45, 2.75) is 0 Å². The highest BCUT2D eigenvalue weighted by Crippen LogP contribution is 2.31. The zero-order valence-electron chi connectivity index (χ0n) is 8.78. The molecule has 1 aromatic heterocycles. The second kappa shape index (κ2) is 4.00. The molecule has 17 heavy (non-hydrogen) atoms. The van der Waals surface area contributed by atoms with E-state index in [1.165, 1.54) is 12.1 Å². The molecule has 0 amide bonds. The van der Waals surface area contributed by atoms with Crippen molar-refractivity contribution in [1.82, 2.24) is 0 Å². The Morgan fingerprint density at radius 3 is 2.53 bits per heavy atom. The minimum Gasteiger partial charge on any atom is -0.464 e. The van der Waals surface area contributed by atoms with Gasteiger partial charge in [-0.2, -0.15) is 0 Å². The quantitative estimate of drug-likeness (QED) is 0.615. The fraction of sp³-hybridized carbons (Fsp3) is 0. The number of hydrogen-bond donors (Lipinski definition) is 0. The Bertz CT molecular complexity index is 670. The van der Waals surface area contributed by atoms with E-state index in [0.717, 1.165) is 21.0 Å². The third-order valence-corrected chi connectivity index (χ3v) is 3.22. The summed E-state index contributed by atoms with van der Waals surface area (Å²) in [6, 6.07) is 12.4. The maximum absolute atomic E-state index is 13.2. The Morgan fingerprint density at radius 2 is 1.76 bits per heavy atom. The van der Waals surface area contributed by atoms with Gasteiger partial charge in [0, 0.05) is 15.4 Å². The average Bonchev–Trinajstić information content (AvgIpc) is 2.73. The van der Waals surface area contributed by atoms with Crippen molar-refractivity contribution in [2.75, 3.05) is 0 Å². The summed E-state index contributed by atoms with van der Waals surface area (Å²) in [6.45, 7) is 0. The van der Waals surface area contributed by atoms with Crippen molar-refractivity contribution >= 4 is 26.9 Å². The number of fused-ring (bicyclic) bond motifs is 1. The molecule has 1 nitrogen and oxygen atoms in total. The molecule has 0 bridgehead atoms. The molecule has 0 aliphatic rings. The Kier molecular flexibility index (Phi) is 2.48. The molecule has 0 atom stereocenters. The van der Waals surface area contributed by atoms with Gasteiger partial charge in [0.25, 0.3) is 0 Å². The van der Waals surface area contributed by atoms with Gasteiger partial charge in [-0.25, -0.2) is 4.39 Å². The van der Waals surface area contributed by atoms with Gasteiger partial charge in [-0.1, -0.05) is 28.1 Å². The summed E-state index contributed by atoms with van der Waals surface area (Å²) in [5, 5.41) is 0.798. The lowest BCUT2D eigenvalue weighted by Crippen LogP contribution is -1.77. The van der Waals surface area contributed by atoms with E-state index in [9.17, 15) is 4.39 Å². The van der Waals surface area contributed by atoms with Crippen LogP contribution in [0.2, 0.25) is 0 Å². The molecule has 0 radical (unpaired) electrons. The van der Waals surface area contributed by atoms with Crippen LogP contribution >= 0.6 is 15.9 Å². The van der Waals surface area contributed by atoms with Gasteiger partial charge in [0.15, 0.2) is 0 Å². The largest absolute Gasteiger partial charge is 0.464 e. The van der Waals surface area contributed by atoms with Gasteiger partial charge in [-0.3, -0.25) is 0 Å². The first-order chi connectivity index (χ1) is 8.24. The van der Waals surface area contributed by atoms with Crippen LogP contribution in [0.4, 0.5) is 4.39 Å². The maximum atomic E-state index is 13.2. The van der Waals surface area contributed by atoms with Gasteiger partial charge >= 0.3 is 0 Å². The van der Waals surface area contributed by atoms with Crippen molar-refractivity contribution < 1.29 is 8.81 Å². The molecule has 0 unspecified atom stereocenters. The normalized spacial score (nSPS) is 10.9. The predicted molar refractivity (Wildman–Crippen MR) is 69.3 cm³/mol. The molecular formula is C14H8BrFO. The zero-order valence-corrected chi connectivity index (χ0v) is 10.4. The number of hydrogen-bond acceptors (Lipinski definition) is 1. The minimum absolute atomic E-state index is 0.253. The van der Waals surface area contributed by atoms with Gasteiger partial charge in [0.2, 0.25) is 0 Å². The minimum atomic E-state index is -0.253. The summed E-state index contributed by atoms with van der Waals surface area (Å²) in [7, 11) is 0. The fourth-order valence-corrected chi connectivity index (χ4v) is 2.12. The van der Waals surface area contributed by atoms with Crippen LogP contribution in [0.1, 0.15) is 0 Å². The zero-order chi connectivity index (χ0) is 11.8. The third kappa shape index (κ3) is 1.87. The summed E-state index contributed by atoms with van der Waals surface area (Å²) in [6.07, 6.45) is 1.66. The van der Waals surface area contributed by atoms with Gasteiger partial charge in [-0.05, 0) is 35.9 Å². The maximum Gasteiger partial charge on any atom is 0.134 e. The number of benzene rings is 2. The molecule has 84 valence electrons. The van der Waals surface area contributed by atoms with Gasteiger partial charge in [0.1, 0.15) is 11.4 Å². The van der Waals surface area contributed by atoms with E-state index in [4.69, 9.17) is 4.42 Å². The Balaban J connectivity index is 2.23. The molecule has 0 spiro atoms. The summed E-state index contributed by atoms with van der Waals surface area (Å²) < 4.78 is 19.6. The van der Waals surface area contributed by atoms with Crippen molar-refractivity contribution in [3.05, 3.63) is 59.0 Å². The molecule has 3 heteroatoms. The van der Waals surface area contributed by atoms with E-state index in [-0.39, 0.29) is 5.82 Å². The molecule has 3 aromatic rings. The van der Waals surface area contributed by atoms with Crippen LogP contribution in [0, 0.1) is 5.82 Å². The lowest BCUT2D eigenvalue weighted by molar-refractivity contribution is 0.610. The predicted octanol–water partition coefficient (Wildman–Crippen LogP) is 5.00. The summed E-state index contributed by atoms with van der Waals surface area (Å²) in [4.78, 5) is 0. The topological polar surface area (TPSA) is 13.1 Å². The average molecular weight is 291 g/mol. The van der Waals surface area contributed by atoms with Crippen molar-refractivity contribution in [1.29, 1.82) is 0 Å². The van der Waals surface area contributed by atoms with E-state index in [0.29, 0.717) is 5.58 Å². The van der Waals surface area contributed by atoms with E-state index >= 15 is 0 Å². The molecule has 0 saturated carbocycles. The standard InChI is InChI=1S/C14H8BrFO/c15-10-3-1-9(2-4-10)13-8-17-14-6-5-11(16)7-12(13)14/h1-8H. The first-order valence-corrected chi connectivity index (χ1v) is 5.96. The molecule has 1 heterocycles. The molecule has 0 saturated heterocycles. The van der Waals surface area contributed by atoms with E-state index in [1.807, 2.05) is 24.3 Å². The Hall–Kier alpha value is -1.61. The highest BCUT2D eigenvalue weighted by molar-refractivity contribution is 9.10. The summed E-state index contributed by atoms with van der Waals surface area (Å²) in [5.41, 5.74) is 2.62. The number of rotatable bonds is 1. The summed E-state index contributed by atoms with van der Waals surface area (Å²) in [5.74, 6) is -0.253. The van der Waals surface area contributed by atoms with Crippen molar-refractivity contribution in [3.63, 3.8) is 0 Å². The highest BCUT2D eigenvalue weighted by Gasteiger charge is 2.08. The first-order valence-electron chi connectivity index (χ1n) is 5.17. The second-order valence-electron chi connectivity index (χ2n) is 3.80. The van der Waals surface area contributed by atoms with Crippen LogP contribution in [0.5, 0.6) is 0 Å². The van der Waals surface area contributed by atoms with Crippen LogP contribution < -0.4 is 0 Å². The fourth-order valence-electron chi connectivity index (χ4n) is 1.85. The van der Waals surface area contributed by atoms with Crippen LogP contribution in [-0.4, -0.2) is 0 Å². The van der Waals surface area contributed by atoms with Crippen molar-refractivity contribution in [2.24, 2.45) is 0 Å². The molecule has 0 fully saturated rings. The first kappa shape index (κ1) is 10.5. The Morgan fingerprint density at radius 1 is 1.00 bits per heavy atom. The molecule has 0 N–H and O–H groups in total. The van der Waals surface area contributed by atoms with E-state index in [1.54, 1.807) is 12.3 Å². The lowest BCUT2D eigenvalue weighted by atomic mass is 10.1. The SMILES string of the molecule is Fc1ccc2occ(-c3ccc(Br)cc3)c2c1. The summed E-state index contributed by atoms with van der Waals surface area (Å²) >= 11 is 3.39. The van der Waals surface area contributed by atoms with Gasteiger partial charge < -0.3 is 4.42 Å². The van der Waals surface area contributed by atoms with Gasteiger partial charge in [0.05, 0.1) is 6.26 Å². The lowest BCUT2D eigenvalue weighted by Gasteiger charge is -1.98.